The summed E-state index contributed by atoms with van der Waals surface area (Å²) in [5, 5.41) is 2.72. The SMILES string of the molecule is Nc1cc(N)c(Nc2ccc3c(c2)OCCO3)c(F)c1Cl. The second-order valence-electron chi connectivity index (χ2n) is 4.54. The number of halogens is 2. The lowest BCUT2D eigenvalue weighted by Gasteiger charge is -2.19. The molecule has 21 heavy (non-hydrogen) atoms. The molecule has 3 rings (SSSR count). The fourth-order valence-corrected chi connectivity index (χ4v) is 2.21. The quantitative estimate of drug-likeness (QED) is 0.742. The third-order valence-corrected chi connectivity index (χ3v) is 3.46. The summed E-state index contributed by atoms with van der Waals surface area (Å²) in [5.41, 5.74) is 12.3. The monoisotopic (exact) mass is 309 g/mol. The van der Waals surface area contributed by atoms with Crippen LogP contribution in [-0.2, 0) is 0 Å². The number of benzene rings is 2. The normalized spacial score (nSPS) is 13.0. The molecule has 2 aromatic rings. The van der Waals surface area contributed by atoms with Crippen molar-refractivity contribution in [2.75, 3.05) is 30.0 Å². The predicted molar refractivity (Wildman–Crippen MR) is 80.9 cm³/mol. The highest BCUT2D eigenvalue weighted by atomic mass is 35.5. The van der Waals surface area contributed by atoms with E-state index in [1.807, 2.05) is 0 Å². The van der Waals surface area contributed by atoms with Crippen LogP contribution in [0.5, 0.6) is 11.5 Å². The van der Waals surface area contributed by atoms with E-state index in [2.05, 4.69) is 5.32 Å². The molecular formula is C14H13ClFN3O2. The first-order valence-corrected chi connectivity index (χ1v) is 6.63. The molecule has 0 fully saturated rings. The van der Waals surface area contributed by atoms with Gasteiger partial charge in [0.1, 0.15) is 18.2 Å². The van der Waals surface area contributed by atoms with Gasteiger partial charge in [-0.25, -0.2) is 4.39 Å². The number of nitrogens with one attached hydrogen (secondary N) is 1. The largest absolute Gasteiger partial charge is 0.486 e. The highest BCUT2D eigenvalue weighted by Gasteiger charge is 2.16. The van der Waals surface area contributed by atoms with Crippen LogP contribution in [0, 0.1) is 5.82 Å². The fraction of sp³-hybridized carbons (Fsp3) is 0.143. The Bertz CT molecular complexity index is 709. The van der Waals surface area contributed by atoms with Crippen LogP contribution in [0.4, 0.5) is 27.1 Å². The molecule has 0 amide bonds. The molecule has 0 spiro atoms. The van der Waals surface area contributed by atoms with Gasteiger partial charge in [0.2, 0.25) is 0 Å². The molecule has 110 valence electrons. The summed E-state index contributed by atoms with van der Waals surface area (Å²) >= 11 is 5.80. The summed E-state index contributed by atoms with van der Waals surface area (Å²) in [7, 11) is 0. The molecule has 7 heteroatoms. The Morgan fingerprint density at radius 3 is 2.52 bits per heavy atom. The van der Waals surface area contributed by atoms with E-state index in [9.17, 15) is 4.39 Å². The van der Waals surface area contributed by atoms with Crippen molar-refractivity contribution >= 4 is 34.4 Å². The number of fused-ring (bicyclic) bond motifs is 1. The topological polar surface area (TPSA) is 82.5 Å². The van der Waals surface area contributed by atoms with E-state index in [-0.39, 0.29) is 22.1 Å². The Balaban J connectivity index is 1.96. The molecule has 5 nitrogen and oxygen atoms in total. The van der Waals surface area contributed by atoms with E-state index in [4.69, 9.17) is 32.5 Å². The van der Waals surface area contributed by atoms with E-state index in [0.29, 0.717) is 30.4 Å². The summed E-state index contributed by atoms with van der Waals surface area (Å²) in [6, 6.07) is 6.59. The van der Waals surface area contributed by atoms with Crippen molar-refractivity contribution in [3.05, 3.63) is 35.1 Å². The molecule has 1 heterocycles. The molecule has 0 bridgehead atoms. The lowest BCUT2D eigenvalue weighted by Crippen LogP contribution is -2.15. The van der Waals surface area contributed by atoms with E-state index >= 15 is 0 Å². The van der Waals surface area contributed by atoms with Crippen molar-refractivity contribution in [1.82, 2.24) is 0 Å². The molecule has 2 aromatic carbocycles. The predicted octanol–water partition coefficient (Wildman–Crippen LogP) is 3.16. The highest BCUT2D eigenvalue weighted by molar-refractivity contribution is 6.33. The van der Waals surface area contributed by atoms with Gasteiger partial charge >= 0.3 is 0 Å². The zero-order valence-electron chi connectivity index (χ0n) is 11.0. The summed E-state index contributed by atoms with van der Waals surface area (Å²) in [6.07, 6.45) is 0. The summed E-state index contributed by atoms with van der Waals surface area (Å²) in [4.78, 5) is 0. The van der Waals surface area contributed by atoms with Gasteiger partial charge in [0.05, 0.1) is 17.1 Å². The van der Waals surface area contributed by atoms with Crippen molar-refractivity contribution in [2.24, 2.45) is 0 Å². The van der Waals surface area contributed by atoms with Crippen LogP contribution in [0.25, 0.3) is 0 Å². The van der Waals surface area contributed by atoms with Gasteiger partial charge in [-0.3, -0.25) is 0 Å². The smallest absolute Gasteiger partial charge is 0.169 e. The van der Waals surface area contributed by atoms with Gasteiger partial charge in [-0.2, -0.15) is 0 Å². The number of hydrogen-bond donors (Lipinski definition) is 3. The van der Waals surface area contributed by atoms with Gasteiger partial charge in [0.25, 0.3) is 0 Å². The van der Waals surface area contributed by atoms with E-state index in [1.54, 1.807) is 18.2 Å². The van der Waals surface area contributed by atoms with Crippen molar-refractivity contribution in [1.29, 1.82) is 0 Å². The van der Waals surface area contributed by atoms with Gasteiger partial charge in [0.15, 0.2) is 17.3 Å². The van der Waals surface area contributed by atoms with Gasteiger partial charge in [0, 0.05) is 11.8 Å². The Morgan fingerprint density at radius 1 is 1.05 bits per heavy atom. The van der Waals surface area contributed by atoms with Gasteiger partial charge in [-0.15, -0.1) is 0 Å². The maximum absolute atomic E-state index is 14.1. The molecule has 5 N–H and O–H groups in total. The Hall–Kier alpha value is -2.34. The van der Waals surface area contributed by atoms with Crippen LogP contribution in [0.2, 0.25) is 5.02 Å². The first-order chi connectivity index (χ1) is 10.1. The maximum Gasteiger partial charge on any atom is 0.169 e. The van der Waals surface area contributed by atoms with Crippen molar-refractivity contribution < 1.29 is 13.9 Å². The third kappa shape index (κ3) is 2.50. The Kier molecular flexibility index (Phi) is 3.39. The molecule has 1 aliphatic heterocycles. The first-order valence-electron chi connectivity index (χ1n) is 6.26. The molecule has 1 aliphatic rings. The van der Waals surface area contributed by atoms with Crippen LogP contribution in [0.3, 0.4) is 0 Å². The second kappa shape index (κ2) is 5.21. The molecule has 0 unspecified atom stereocenters. The minimum Gasteiger partial charge on any atom is -0.486 e. The Labute approximate surface area is 125 Å². The van der Waals surface area contributed by atoms with E-state index < -0.39 is 5.82 Å². The summed E-state index contributed by atoms with van der Waals surface area (Å²) < 4.78 is 25.0. The fourth-order valence-electron chi connectivity index (χ4n) is 2.06. The molecule has 0 aromatic heterocycles. The van der Waals surface area contributed by atoms with Gasteiger partial charge < -0.3 is 26.3 Å². The van der Waals surface area contributed by atoms with Crippen LogP contribution in [0.1, 0.15) is 0 Å². The lowest BCUT2D eigenvalue weighted by molar-refractivity contribution is 0.171. The van der Waals surface area contributed by atoms with Crippen LogP contribution in [-0.4, -0.2) is 13.2 Å². The number of nitrogens with two attached hydrogens (primary N) is 2. The molecule has 0 saturated heterocycles. The average molecular weight is 310 g/mol. The average Bonchev–Trinajstić information content (AvgIpc) is 2.49. The molecular weight excluding hydrogens is 297 g/mol. The zero-order chi connectivity index (χ0) is 15.0. The standard InChI is InChI=1S/C14H13ClFN3O2/c15-12-8(17)6-9(18)14(13(12)16)19-7-1-2-10-11(5-7)21-4-3-20-10/h1-2,5-6,19H,3-4,17-18H2. The van der Waals surface area contributed by atoms with Crippen LogP contribution < -0.4 is 26.3 Å². The van der Waals surface area contributed by atoms with E-state index in [0.717, 1.165) is 0 Å². The minimum absolute atomic E-state index is 0.0749. The van der Waals surface area contributed by atoms with Crippen molar-refractivity contribution in [2.45, 2.75) is 0 Å². The number of ether oxygens (including phenoxy) is 2. The maximum atomic E-state index is 14.1. The lowest BCUT2D eigenvalue weighted by atomic mass is 10.2. The summed E-state index contributed by atoms with van der Waals surface area (Å²) in [5.74, 6) is 0.548. The van der Waals surface area contributed by atoms with Crippen LogP contribution in [0.15, 0.2) is 24.3 Å². The minimum atomic E-state index is -0.691. The highest BCUT2D eigenvalue weighted by Crippen LogP contribution is 2.38. The van der Waals surface area contributed by atoms with Crippen molar-refractivity contribution in [3.8, 4) is 11.5 Å². The summed E-state index contributed by atoms with van der Waals surface area (Å²) in [6.45, 7) is 0.982. The Morgan fingerprint density at radius 2 is 1.76 bits per heavy atom. The van der Waals surface area contributed by atoms with Crippen molar-refractivity contribution in [3.63, 3.8) is 0 Å². The molecule has 0 atom stereocenters. The number of nitrogen functional groups attached to an aromatic ring is 2. The number of rotatable bonds is 2. The second-order valence-corrected chi connectivity index (χ2v) is 4.92. The molecule has 0 radical (unpaired) electrons. The molecule has 0 saturated carbocycles. The van der Waals surface area contributed by atoms with E-state index in [1.165, 1.54) is 6.07 Å². The van der Waals surface area contributed by atoms with Gasteiger partial charge in [-0.1, -0.05) is 11.6 Å². The number of anilines is 4. The third-order valence-electron chi connectivity index (χ3n) is 3.08. The van der Waals surface area contributed by atoms with Gasteiger partial charge in [-0.05, 0) is 18.2 Å². The zero-order valence-corrected chi connectivity index (χ0v) is 11.7. The van der Waals surface area contributed by atoms with Crippen LogP contribution >= 0.6 is 11.6 Å². The number of hydrogen-bond acceptors (Lipinski definition) is 5. The molecule has 0 aliphatic carbocycles. The first kappa shape index (κ1) is 13.6.